The molecule has 0 unspecified atom stereocenters. The second-order valence-corrected chi connectivity index (χ2v) is 10.4. The highest BCUT2D eigenvalue weighted by Crippen LogP contribution is 2.23. The Hall–Kier alpha value is -3.01. The second kappa shape index (κ2) is 9.86. The molecule has 0 atom stereocenters. The fraction of sp³-hybridized carbons (Fsp3) is 0.250. The zero-order valence-electron chi connectivity index (χ0n) is 18.6. The molecule has 4 aromatic rings. The van der Waals surface area contributed by atoms with Gasteiger partial charge in [0, 0.05) is 48.5 Å². The van der Waals surface area contributed by atoms with Gasteiger partial charge in [0.25, 0.3) is 0 Å². The molecule has 0 saturated carbocycles. The van der Waals surface area contributed by atoms with Gasteiger partial charge >= 0.3 is 0 Å². The van der Waals surface area contributed by atoms with Crippen molar-refractivity contribution in [3.63, 3.8) is 0 Å². The number of anilines is 1. The van der Waals surface area contributed by atoms with E-state index in [0.29, 0.717) is 25.9 Å². The first-order valence-electron chi connectivity index (χ1n) is 10.8. The normalized spacial score (nSPS) is 11.8. The summed E-state index contributed by atoms with van der Waals surface area (Å²) in [6, 6.07) is 14.4. The second-order valence-electron chi connectivity index (χ2n) is 7.58. The van der Waals surface area contributed by atoms with Crippen LogP contribution in [0.15, 0.2) is 71.2 Å². The topological polar surface area (TPSA) is 83.8 Å². The molecule has 33 heavy (non-hydrogen) atoms. The molecule has 0 fully saturated rings. The Balaban J connectivity index is 1.32. The lowest BCUT2D eigenvalue weighted by Gasteiger charge is -2.18. The first kappa shape index (κ1) is 23.2. The number of hydrogen-bond donors (Lipinski definition) is 1. The number of sulfonamides is 1. The van der Waals surface area contributed by atoms with Crippen LogP contribution in [0.4, 0.5) is 5.69 Å². The molecule has 0 aliphatic rings. The summed E-state index contributed by atoms with van der Waals surface area (Å²) < 4.78 is 28.6. The van der Waals surface area contributed by atoms with E-state index in [4.69, 9.17) is 0 Å². The molecule has 2 heterocycles. The predicted molar refractivity (Wildman–Crippen MR) is 132 cm³/mol. The predicted octanol–water partition coefficient (Wildman–Crippen LogP) is 4.66. The van der Waals surface area contributed by atoms with Crippen molar-refractivity contribution in [1.29, 1.82) is 0 Å². The van der Waals surface area contributed by atoms with Crippen molar-refractivity contribution >= 4 is 37.9 Å². The number of thiazole rings is 1. The Kier molecular flexibility index (Phi) is 6.92. The van der Waals surface area contributed by atoms with Crippen molar-refractivity contribution in [3.8, 4) is 11.3 Å². The molecule has 1 N–H and O–H groups in total. The third kappa shape index (κ3) is 5.16. The number of amides is 1. The zero-order chi connectivity index (χ0) is 23.4. The SMILES string of the molecule is CCN(CC)S(=O)(=O)c1ccc(CCC(=O)Nc2ccc(-c3cn4ccsc4n3)cc2)cc1. The molecule has 0 bridgehead atoms. The lowest BCUT2D eigenvalue weighted by atomic mass is 10.1. The van der Waals surface area contributed by atoms with E-state index in [0.717, 1.165) is 27.5 Å². The van der Waals surface area contributed by atoms with Crippen molar-refractivity contribution in [2.75, 3.05) is 18.4 Å². The van der Waals surface area contributed by atoms with Gasteiger partial charge in [0.2, 0.25) is 15.9 Å². The van der Waals surface area contributed by atoms with E-state index in [9.17, 15) is 13.2 Å². The minimum absolute atomic E-state index is 0.0925. The summed E-state index contributed by atoms with van der Waals surface area (Å²) >= 11 is 1.59. The molecule has 0 aliphatic carbocycles. The molecular formula is C24H26N4O3S2. The number of imidazole rings is 1. The highest BCUT2D eigenvalue weighted by molar-refractivity contribution is 7.89. The highest BCUT2D eigenvalue weighted by atomic mass is 32.2. The third-order valence-corrected chi connectivity index (χ3v) is 8.30. The Bertz CT molecular complexity index is 1310. The average molecular weight is 483 g/mol. The molecular weight excluding hydrogens is 456 g/mol. The molecule has 4 rings (SSSR count). The summed E-state index contributed by atoms with van der Waals surface area (Å²) in [7, 11) is -3.47. The molecule has 0 radical (unpaired) electrons. The lowest BCUT2D eigenvalue weighted by molar-refractivity contribution is -0.116. The summed E-state index contributed by atoms with van der Waals surface area (Å²) in [5.41, 5.74) is 3.53. The number of benzene rings is 2. The average Bonchev–Trinajstić information content (AvgIpc) is 3.42. The van der Waals surface area contributed by atoms with E-state index in [2.05, 4.69) is 10.3 Å². The van der Waals surface area contributed by atoms with E-state index in [1.165, 1.54) is 4.31 Å². The van der Waals surface area contributed by atoms with Crippen LogP contribution in [0.3, 0.4) is 0 Å². The number of fused-ring (bicyclic) bond motifs is 1. The molecule has 2 aromatic heterocycles. The quantitative estimate of drug-likeness (QED) is 0.376. The van der Waals surface area contributed by atoms with Crippen LogP contribution in [0.2, 0.25) is 0 Å². The summed E-state index contributed by atoms with van der Waals surface area (Å²) in [6.45, 7) is 4.51. The van der Waals surface area contributed by atoms with Gasteiger partial charge in [0.15, 0.2) is 4.96 Å². The van der Waals surface area contributed by atoms with Crippen LogP contribution in [0.5, 0.6) is 0 Å². The smallest absolute Gasteiger partial charge is 0.243 e. The fourth-order valence-corrected chi connectivity index (χ4v) is 5.77. The standard InChI is InChI=1S/C24H26N4O3S2/c1-3-28(4-2)33(30,31)21-12-5-18(6-13-21)7-14-23(29)25-20-10-8-19(9-11-20)22-17-27-15-16-32-24(27)26-22/h5-6,8-13,15-17H,3-4,7,14H2,1-2H3,(H,25,29). The van der Waals surface area contributed by atoms with E-state index in [-0.39, 0.29) is 10.8 Å². The number of carbonyl (C=O) groups is 1. The molecule has 1 amide bonds. The molecule has 9 heteroatoms. The van der Waals surface area contributed by atoms with Gasteiger partial charge in [-0.05, 0) is 36.2 Å². The molecule has 2 aromatic carbocycles. The van der Waals surface area contributed by atoms with E-state index < -0.39 is 10.0 Å². The zero-order valence-corrected chi connectivity index (χ0v) is 20.2. The Morgan fingerprint density at radius 3 is 2.39 bits per heavy atom. The van der Waals surface area contributed by atoms with Crippen LogP contribution in [-0.4, -0.2) is 41.1 Å². The van der Waals surface area contributed by atoms with Crippen LogP contribution < -0.4 is 5.32 Å². The van der Waals surface area contributed by atoms with Gasteiger partial charge < -0.3 is 5.32 Å². The lowest BCUT2D eigenvalue weighted by Crippen LogP contribution is -2.30. The molecule has 172 valence electrons. The van der Waals surface area contributed by atoms with Crippen molar-refractivity contribution in [2.24, 2.45) is 0 Å². The maximum absolute atomic E-state index is 12.6. The number of aryl methyl sites for hydroxylation is 1. The number of nitrogens with one attached hydrogen (secondary N) is 1. The fourth-order valence-electron chi connectivity index (χ4n) is 3.61. The summed E-state index contributed by atoms with van der Waals surface area (Å²) in [5.74, 6) is -0.0925. The van der Waals surface area contributed by atoms with Crippen molar-refractivity contribution < 1.29 is 13.2 Å². The summed E-state index contributed by atoms with van der Waals surface area (Å²) in [4.78, 5) is 18.2. The van der Waals surface area contributed by atoms with E-state index in [1.54, 1.807) is 35.6 Å². The van der Waals surface area contributed by atoms with Crippen LogP contribution in [0, 0.1) is 0 Å². The Morgan fingerprint density at radius 2 is 1.76 bits per heavy atom. The van der Waals surface area contributed by atoms with Gasteiger partial charge in [0.05, 0.1) is 10.6 Å². The monoisotopic (exact) mass is 482 g/mol. The first-order chi connectivity index (χ1) is 15.9. The molecule has 0 spiro atoms. The van der Waals surface area contributed by atoms with E-state index in [1.807, 2.05) is 60.3 Å². The molecule has 0 saturated heterocycles. The van der Waals surface area contributed by atoms with Crippen molar-refractivity contribution in [3.05, 3.63) is 71.9 Å². The van der Waals surface area contributed by atoms with Gasteiger partial charge in [-0.25, -0.2) is 13.4 Å². The maximum Gasteiger partial charge on any atom is 0.243 e. The highest BCUT2D eigenvalue weighted by Gasteiger charge is 2.21. The molecule has 7 nitrogen and oxygen atoms in total. The number of hydrogen-bond acceptors (Lipinski definition) is 5. The van der Waals surface area contributed by atoms with Crippen molar-refractivity contribution in [2.45, 2.75) is 31.6 Å². The van der Waals surface area contributed by atoms with Gasteiger partial charge in [0.1, 0.15) is 0 Å². The van der Waals surface area contributed by atoms with Gasteiger partial charge in [-0.3, -0.25) is 9.20 Å². The number of nitrogens with zero attached hydrogens (tertiary/aromatic N) is 3. The van der Waals surface area contributed by atoms with Gasteiger partial charge in [-0.1, -0.05) is 38.1 Å². The minimum atomic E-state index is -3.47. The number of aromatic nitrogens is 2. The Morgan fingerprint density at radius 1 is 1.06 bits per heavy atom. The van der Waals surface area contributed by atoms with Gasteiger partial charge in [-0.2, -0.15) is 4.31 Å². The minimum Gasteiger partial charge on any atom is -0.326 e. The largest absolute Gasteiger partial charge is 0.326 e. The van der Waals surface area contributed by atoms with Crippen LogP contribution in [0.1, 0.15) is 25.8 Å². The Labute approximate surface area is 197 Å². The van der Waals surface area contributed by atoms with Crippen LogP contribution in [0.25, 0.3) is 16.2 Å². The maximum atomic E-state index is 12.6. The van der Waals surface area contributed by atoms with Gasteiger partial charge in [-0.15, -0.1) is 11.3 Å². The number of carbonyl (C=O) groups excluding carboxylic acids is 1. The molecule has 0 aliphatic heterocycles. The first-order valence-corrected chi connectivity index (χ1v) is 13.1. The van der Waals surface area contributed by atoms with Crippen LogP contribution in [-0.2, 0) is 21.2 Å². The summed E-state index contributed by atoms with van der Waals surface area (Å²) in [5, 5.41) is 4.91. The third-order valence-electron chi connectivity index (χ3n) is 5.46. The number of rotatable bonds is 9. The van der Waals surface area contributed by atoms with Crippen molar-refractivity contribution in [1.82, 2.24) is 13.7 Å². The van der Waals surface area contributed by atoms with Crippen LogP contribution >= 0.6 is 11.3 Å². The van der Waals surface area contributed by atoms with E-state index >= 15 is 0 Å². The summed E-state index contributed by atoms with van der Waals surface area (Å²) in [6.07, 6.45) is 4.79.